The Bertz CT molecular complexity index is 236. The van der Waals surface area contributed by atoms with Gasteiger partial charge in [-0.05, 0) is 37.0 Å². The fourth-order valence-electron chi connectivity index (χ4n) is 1.34. The van der Waals surface area contributed by atoms with Crippen LogP contribution < -0.4 is 5.30 Å². The van der Waals surface area contributed by atoms with E-state index in [4.69, 9.17) is 0 Å². The molecule has 1 rings (SSSR count). The first-order chi connectivity index (χ1) is 6.24. The molecule has 0 N–H and O–H groups in total. The highest BCUT2D eigenvalue weighted by molar-refractivity contribution is 7.64. The third kappa shape index (κ3) is 3.48. The Morgan fingerprint density at radius 2 is 1.69 bits per heavy atom. The van der Waals surface area contributed by atoms with Gasteiger partial charge in [-0.15, -0.1) is 0 Å². The minimum absolute atomic E-state index is 0.0791. The molecule has 0 radical (unpaired) electrons. The summed E-state index contributed by atoms with van der Waals surface area (Å²) < 4.78 is 0. The van der Waals surface area contributed by atoms with Gasteiger partial charge in [0.1, 0.15) is 0 Å². The summed E-state index contributed by atoms with van der Waals surface area (Å²) >= 11 is 0. The van der Waals surface area contributed by atoms with Crippen molar-refractivity contribution in [1.29, 1.82) is 0 Å². The van der Waals surface area contributed by atoms with Gasteiger partial charge in [-0.1, -0.05) is 45.5 Å². The minimum atomic E-state index is 0.0791. The van der Waals surface area contributed by atoms with E-state index in [0.29, 0.717) is 0 Å². The SMILES string of the molecule is CCCCc1ccc(P(C)C)cc1. The van der Waals surface area contributed by atoms with Crippen LogP contribution in [0.1, 0.15) is 25.3 Å². The van der Waals surface area contributed by atoms with Crippen LogP contribution in [0, 0.1) is 0 Å². The van der Waals surface area contributed by atoms with Crippen LogP contribution >= 0.6 is 7.92 Å². The van der Waals surface area contributed by atoms with Crippen molar-refractivity contribution in [3.05, 3.63) is 29.8 Å². The Morgan fingerprint density at radius 3 is 2.15 bits per heavy atom. The van der Waals surface area contributed by atoms with Crippen molar-refractivity contribution >= 4 is 13.2 Å². The molecule has 0 aliphatic rings. The molecule has 0 aromatic heterocycles. The van der Waals surface area contributed by atoms with Gasteiger partial charge in [-0.2, -0.15) is 0 Å². The van der Waals surface area contributed by atoms with Crippen LogP contribution in [-0.4, -0.2) is 13.3 Å². The maximum Gasteiger partial charge on any atom is -0.0246 e. The second-order valence-corrected chi connectivity index (χ2v) is 5.97. The van der Waals surface area contributed by atoms with E-state index in [0.717, 1.165) is 0 Å². The molecule has 0 aliphatic carbocycles. The van der Waals surface area contributed by atoms with Crippen molar-refractivity contribution in [3.8, 4) is 0 Å². The van der Waals surface area contributed by atoms with E-state index in [1.54, 1.807) is 0 Å². The molecule has 0 aliphatic heterocycles. The van der Waals surface area contributed by atoms with Crippen LogP contribution in [0.2, 0.25) is 0 Å². The normalized spacial score (nSPS) is 10.8. The zero-order valence-corrected chi connectivity index (χ0v) is 9.77. The number of hydrogen-bond acceptors (Lipinski definition) is 0. The highest BCUT2D eigenvalue weighted by atomic mass is 31.1. The van der Waals surface area contributed by atoms with E-state index in [-0.39, 0.29) is 7.92 Å². The maximum absolute atomic E-state index is 2.30. The molecule has 1 aromatic carbocycles. The van der Waals surface area contributed by atoms with Crippen molar-refractivity contribution in [2.75, 3.05) is 13.3 Å². The molecule has 0 spiro atoms. The number of benzene rings is 1. The molecule has 0 amide bonds. The van der Waals surface area contributed by atoms with Gasteiger partial charge in [-0.25, -0.2) is 0 Å². The second-order valence-electron chi connectivity index (χ2n) is 3.66. The largest absolute Gasteiger partial charge is 0.0817 e. The van der Waals surface area contributed by atoms with Gasteiger partial charge in [0.05, 0.1) is 0 Å². The first-order valence-corrected chi connectivity index (χ1v) is 7.24. The smallest absolute Gasteiger partial charge is 0.0246 e. The summed E-state index contributed by atoms with van der Waals surface area (Å²) in [6, 6.07) is 9.15. The summed E-state index contributed by atoms with van der Waals surface area (Å²) in [5.74, 6) is 0. The fraction of sp³-hybridized carbons (Fsp3) is 0.500. The van der Waals surface area contributed by atoms with Gasteiger partial charge in [0.15, 0.2) is 0 Å². The highest BCUT2D eigenvalue weighted by Crippen LogP contribution is 2.23. The summed E-state index contributed by atoms with van der Waals surface area (Å²) in [6.07, 6.45) is 3.84. The van der Waals surface area contributed by atoms with Gasteiger partial charge < -0.3 is 0 Å². The van der Waals surface area contributed by atoms with Crippen molar-refractivity contribution in [2.45, 2.75) is 26.2 Å². The van der Waals surface area contributed by atoms with Crippen LogP contribution in [-0.2, 0) is 6.42 Å². The quantitative estimate of drug-likeness (QED) is 0.644. The summed E-state index contributed by atoms with van der Waals surface area (Å²) in [5.41, 5.74) is 1.49. The molecule has 1 heteroatoms. The number of unbranched alkanes of at least 4 members (excludes halogenated alkanes) is 1. The standard InChI is InChI=1S/C12H19P/c1-4-5-6-11-7-9-12(10-8-11)13(2)3/h7-10H,4-6H2,1-3H3. The Balaban J connectivity index is 2.59. The monoisotopic (exact) mass is 194 g/mol. The highest BCUT2D eigenvalue weighted by Gasteiger charge is 1.97. The second kappa shape index (κ2) is 5.40. The van der Waals surface area contributed by atoms with Gasteiger partial charge in [0, 0.05) is 0 Å². The molecule has 0 bridgehead atoms. The zero-order chi connectivity index (χ0) is 9.68. The molecule has 0 atom stereocenters. The lowest BCUT2D eigenvalue weighted by Gasteiger charge is -2.06. The van der Waals surface area contributed by atoms with Crippen molar-refractivity contribution in [3.63, 3.8) is 0 Å². The summed E-state index contributed by atoms with van der Waals surface area (Å²) in [5, 5.41) is 1.51. The Hall–Kier alpha value is -0.350. The Labute approximate surface area is 83.1 Å². The molecule has 13 heavy (non-hydrogen) atoms. The van der Waals surface area contributed by atoms with Crippen molar-refractivity contribution < 1.29 is 0 Å². The predicted molar refractivity (Wildman–Crippen MR) is 63.5 cm³/mol. The summed E-state index contributed by atoms with van der Waals surface area (Å²) in [4.78, 5) is 0. The Kier molecular flexibility index (Phi) is 4.45. The van der Waals surface area contributed by atoms with E-state index in [9.17, 15) is 0 Å². The third-order valence-electron chi connectivity index (χ3n) is 2.27. The third-order valence-corrected chi connectivity index (χ3v) is 3.60. The topological polar surface area (TPSA) is 0 Å². The van der Waals surface area contributed by atoms with Crippen LogP contribution in [0.25, 0.3) is 0 Å². The van der Waals surface area contributed by atoms with E-state index in [1.807, 2.05) is 0 Å². The molecule has 0 saturated carbocycles. The van der Waals surface area contributed by atoms with E-state index in [1.165, 1.54) is 30.1 Å². The lowest BCUT2D eigenvalue weighted by Crippen LogP contribution is -1.98. The van der Waals surface area contributed by atoms with E-state index >= 15 is 0 Å². The predicted octanol–water partition coefficient (Wildman–Crippen LogP) is 3.40. The van der Waals surface area contributed by atoms with Crippen LogP contribution in [0.5, 0.6) is 0 Å². The van der Waals surface area contributed by atoms with Gasteiger partial charge in [0.2, 0.25) is 0 Å². The van der Waals surface area contributed by atoms with Crippen molar-refractivity contribution in [1.82, 2.24) is 0 Å². The van der Waals surface area contributed by atoms with Crippen LogP contribution in [0.3, 0.4) is 0 Å². The first kappa shape index (κ1) is 10.7. The molecular weight excluding hydrogens is 175 g/mol. The number of rotatable bonds is 4. The molecule has 1 aromatic rings. The fourth-order valence-corrected chi connectivity index (χ4v) is 2.09. The number of hydrogen-bond donors (Lipinski definition) is 0. The zero-order valence-electron chi connectivity index (χ0n) is 8.88. The lowest BCUT2D eigenvalue weighted by atomic mass is 10.1. The maximum atomic E-state index is 2.30. The molecule has 0 heterocycles. The summed E-state index contributed by atoms with van der Waals surface area (Å²) in [7, 11) is 0.0791. The first-order valence-electron chi connectivity index (χ1n) is 5.00. The van der Waals surface area contributed by atoms with E-state index < -0.39 is 0 Å². The molecule has 0 unspecified atom stereocenters. The molecule has 0 saturated heterocycles. The molecular formula is C12H19P. The molecule has 0 fully saturated rings. The van der Waals surface area contributed by atoms with Gasteiger partial charge >= 0.3 is 0 Å². The molecule has 72 valence electrons. The van der Waals surface area contributed by atoms with Crippen LogP contribution in [0.4, 0.5) is 0 Å². The number of aryl methyl sites for hydroxylation is 1. The minimum Gasteiger partial charge on any atom is -0.0817 e. The van der Waals surface area contributed by atoms with Crippen LogP contribution in [0.15, 0.2) is 24.3 Å². The average Bonchev–Trinajstić information content (AvgIpc) is 2.15. The summed E-state index contributed by atoms with van der Waals surface area (Å²) in [6.45, 7) is 6.85. The van der Waals surface area contributed by atoms with E-state index in [2.05, 4.69) is 44.5 Å². The van der Waals surface area contributed by atoms with Gasteiger partial charge in [0.25, 0.3) is 0 Å². The van der Waals surface area contributed by atoms with Gasteiger partial charge in [-0.3, -0.25) is 0 Å². The average molecular weight is 194 g/mol. The van der Waals surface area contributed by atoms with Crippen molar-refractivity contribution in [2.24, 2.45) is 0 Å². The Morgan fingerprint density at radius 1 is 1.08 bits per heavy atom. The molecule has 0 nitrogen and oxygen atoms in total. The lowest BCUT2D eigenvalue weighted by molar-refractivity contribution is 0.795.